The van der Waals surface area contributed by atoms with E-state index in [0.717, 1.165) is 12.8 Å². The first-order chi connectivity index (χ1) is 8.99. The van der Waals surface area contributed by atoms with Crippen LogP contribution in [0.4, 0.5) is 5.82 Å². The number of ketones is 1. The van der Waals surface area contributed by atoms with Gasteiger partial charge in [0.05, 0.1) is 6.20 Å². The van der Waals surface area contributed by atoms with Gasteiger partial charge in [-0.1, -0.05) is 18.0 Å². The van der Waals surface area contributed by atoms with Crippen LogP contribution in [0.3, 0.4) is 0 Å². The SMILES string of the molecule is NC(=O)C(=O)C1CCCC1Nc1nc(Cl)ncc1Cl. The van der Waals surface area contributed by atoms with Gasteiger partial charge in [-0.05, 0) is 24.4 Å². The van der Waals surface area contributed by atoms with Crippen molar-refractivity contribution < 1.29 is 9.59 Å². The van der Waals surface area contributed by atoms with Crippen LogP contribution < -0.4 is 11.1 Å². The van der Waals surface area contributed by atoms with Gasteiger partial charge in [0.15, 0.2) is 0 Å². The number of carbonyl (C=O) groups is 2. The number of anilines is 1. The van der Waals surface area contributed by atoms with E-state index in [-0.39, 0.29) is 11.3 Å². The van der Waals surface area contributed by atoms with Crippen LogP contribution in [0.5, 0.6) is 0 Å². The van der Waals surface area contributed by atoms with Crippen LogP contribution in [0.15, 0.2) is 6.20 Å². The monoisotopic (exact) mass is 302 g/mol. The molecule has 102 valence electrons. The Hall–Kier alpha value is -1.40. The first-order valence-corrected chi connectivity index (χ1v) is 6.53. The Kier molecular flexibility index (Phi) is 4.21. The Balaban J connectivity index is 2.15. The average Bonchev–Trinajstić information content (AvgIpc) is 2.81. The molecular weight excluding hydrogens is 291 g/mol. The van der Waals surface area contributed by atoms with Crippen molar-refractivity contribution in [2.24, 2.45) is 11.7 Å². The highest BCUT2D eigenvalue weighted by atomic mass is 35.5. The number of Topliss-reactive ketones (excluding diaryl/α,β-unsaturated/α-hetero) is 1. The number of carbonyl (C=O) groups excluding carboxylic acids is 2. The lowest BCUT2D eigenvalue weighted by Gasteiger charge is -2.19. The summed E-state index contributed by atoms with van der Waals surface area (Å²) in [6, 6.07) is -0.219. The second-order valence-corrected chi connectivity index (χ2v) is 5.10. The highest BCUT2D eigenvalue weighted by Gasteiger charge is 2.35. The van der Waals surface area contributed by atoms with Crippen molar-refractivity contribution in [3.63, 3.8) is 0 Å². The van der Waals surface area contributed by atoms with E-state index < -0.39 is 17.6 Å². The van der Waals surface area contributed by atoms with Crippen molar-refractivity contribution >= 4 is 40.7 Å². The molecule has 8 heteroatoms. The molecule has 1 aromatic heterocycles. The fourth-order valence-corrected chi connectivity index (χ4v) is 2.53. The Morgan fingerprint density at radius 3 is 2.79 bits per heavy atom. The molecule has 19 heavy (non-hydrogen) atoms. The normalized spacial score (nSPS) is 22.2. The second-order valence-electron chi connectivity index (χ2n) is 4.35. The summed E-state index contributed by atoms with van der Waals surface area (Å²) in [5, 5.41) is 3.40. The van der Waals surface area contributed by atoms with Crippen LogP contribution >= 0.6 is 23.2 Å². The summed E-state index contributed by atoms with van der Waals surface area (Å²) >= 11 is 11.6. The molecule has 0 radical (unpaired) electrons. The van der Waals surface area contributed by atoms with Gasteiger partial charge in [-0.15, -0.1) is 0 Å². The lowest BCUT2D eigenvalue weighted by Crippen LogP contribution is -2.37. The van der Waals surface area contributed by atoms with Crippen molar-refractivity contribution in [2.45, 2.75) is 25.3 Å². The zero-order valence-corrected chi connectivity index (χ0v) is 11.4. The highest BCUT2D eigenvalue weighted by Crippen LogP contribution is 2.31. The van der Waals surface area contributed by atoms with Crippen molar-refractivity contribution in [3.8, 4) is 0 Å². The van der Waals surface area contributed by atoms with Gasteiger partial charge in [0.25, 0.3) is 5.91 Å². The van der Waals surface area contributed by atoms with Crippen molar-refractivity contribution in [2.75, 3.05) is 5.32 Å². The van der Waals surface area contributed by atoms with E-state index in [1.165, 1.54) is 6.20 Å². The number of hydrogen-bond acceptors (Lipinski definition) is 5. The third-order valence-corrected chi connectivity index (χ3v) is 3.59. The number of hydrogen-bond donors (Lipinski definition) is 2. The molecule has 2 unspecified atom stereocenters. The first-order valence-electron chi connectivity index (χ1n) is 5.77. The van der Waals surface area contributed by atoms with Gasteiger partial charge in [0.1, 0.15) is 10.8 Å². The van der Waals surface area contributed by atoms with Crippen LogP contribution in [0.2, 0.25) is 10.3 Å². The van der Waals surface area contributed by atoms with Gasteiger partial charge in [-0.25, -0.2) is 4.98 Å². The maximum atomic E-state index is 11.7. The third kappa shape index (κ3) is 3.13. The summed E-state index contributed by atoms with van der Waals surface area (Å²) < 4.78 is 0. The van der Waals surface area contributed by atoms with Crippen LogP contribution in [0.1, 0.15) is 19.3 Å². The highest BCUT2D eigenvalue weighted by molar-refractivity contribution is 6.36. The summed E-state index contributed by atoms with van der Waals surface area (Å²) in [4.78, 5) is 30.4. The number of halogens is 2. The zero-order valence-electron chi connectivity index (χ0n) is 9.90. The Bertz CT molecular complexity index is 523. The number of nitrogens with zero attached hydrogens (tertiary/aromatic N) is 2. The van der Waals surface area contributed by atoms with Crippen molar-refractivity contribution in [1.82, 2.24) is 9.97 Å². The number of nitrogens with two attached hydrogens (primary N) is 1. The largest absolute Gasteiger partial charge is 0.365 e. The molecule has 0 spiro atoms. The van der Waals surface area contributed by atoms with Crippen molar-refractivity contribution in [1.29, 1.82) is 0 Å². The molecule has 2 rings (SSSR count). The summed E-state index contributed by atoms with van der Waals surface area (Å²) in [5.74, 6) is -1.56. The minimum absolute atomic E-state index is 0.0580. The third-order valence-electron chi connectivity index (χ3n) is 3.13. The molecule has 1 aliphatic rings. The van der Waals surface area contributed by atoms with Crippen LogP contribution in [-0.2, 0) is 9.59 Å². The lowest BCUT2D eigenvalue weighted by atomic mass is 9.98. The molecule has 1 aliphatic carbocycles. The van der Waals surface area contributed by atoms with E-state index in [1.807, 2.05) is 0 Å². The van der Waals surface area contributed by atoms with Gasteiger partial charge in [-0.2, -0.15) is 4.98 Å². The quantitative estimate of drug-likeness (QED) is 0.647. The predicted octanol–water partition coefficient (Wildman–Crippen LogP) is 1.42. The van der Waals surface area contributed by atoms with E-state index in [2.05, 4.69) is 15.3 Å². The molecule has 3 N–H and O–H groups in total. The zero-order chi connectivity index (χ0) is 14.0. The Morgan fingerprint density at radius 1 is 1.37 bits per heavy atom. The van der Waals surface area contributed by atoms with Crippen LogP contribution in [-0.4, -0.2) is 27.7 Å². The Morgan fingerprint density at radius 2 is 2.11 bits per heavy atom. The van der Waals surface area contributed by atoms with Crippen LogP contribution in [0, 0.1) is 5.92 Å². The van der Waals surface area contributed by atoms with E-state index in [4.69, 9.17) is 28.9 Å². The van der Waals surface area contributed by atoms with Gasteiger partial charge >= 0.3 is 0 Å². The molecule has 0 aromatic carbocycles. The minimum Gasteiger partial charge on any atom is -0.365 e. The fourth-order valence-electron chi connectivity index (χ4n) is 2.25. The summed E-state index contributed by atoms with van der Waals surface area (Å²) in [6.07, 6.45) is 3.56. The van der Waals surface area contributed by atoms with Gasteiger partial charge in [0.2, 0.25) is 11.1 Å². The summed E-state index contributed by atoms with van der Waals surface area (Å²) in [5.41, 5.74) is 5.04. The molecule has 6 nitrogen and oxygen atoms in total. The number of rotatable bonds is 4. The summed E-state index contributed by atoms with van der Waals surface area (Å²) in [7, 11) is 0. The molecule has 2 atom stereocenters. The average molecular weight is 303 g/mol. The topological polar surface area (TPSA) is 98.0 Å². The maximum Gasteiger partial charge on any atom is 0.285 e. The number of primary amides is 1. The minimum atomic E-state index is -0.912. The number of nitrogens with one attached hydrogen (secondary N) is 1. The molecule has 1 aromatic rings. The molecule has 0 bridgehead atoms. The molecular formula is C11H12Cl2N4O2. The smallest absolute Gasteiger partial charge is 0.285 e. The lowest BCUT2D eigenvalue weighted by molar-refractivity contribution is -0.138. The molecule has 1 saturated carbocycles. The Labute approximate surface area is 119 Å². The number of amides is 1. The first kappa shape index (κ1) is 14.0. The predicted molar refractivity (Wildman–Crippen MR) is 71.0 cm³/mol. The number of aromatic nitrogens is 2. The molecule has 1 heterocycles. The molecule has 1 amide bonds. The van der Waals surface area contributed by atoms with Gasteiger partial charge < -0.3 is 11.1 Å². The van der Waals surface area contributed by atoms with Gasteiger partial charge in [-0.3, -0.25) is 9.59 Å². The summed E-state index contributed by atoms with van der Waals surface area (Å²) in [6.45, 7) is 0. The van der Waals surface area contributed by atoms with E-state index in [0.29, 0.717) is 17.3 Å². The maximum absolute atomic E-state index is 11.7. The van der Waals surface area contributed by atoms with E-state index in [9.17, 15) is 9.59 Å². The molecule has 0 saturated heterocycles. The fraction of sp³-hybridized carbons (Fsp3) is 0.455. The van der Waals surface area contributed by atoms with E-state index >= 15 is 0 Å². The van der Waals surface area contributed by atoms with E-state index in [1.54, 1.807) is 0 Å². The standard InChI is InChI=1S/C11H12Cl2N4O2/c12-6-4-15-11(13)17-10(6)16-7-3-1-2-5(7)8(18)9(14)19/h4-5,7H,1-3H2,(H2,14,19)(H,15,16,17). The van der Waals surface area contributed by atoms with Gasteiger partial charge in [0, 0.05) is 12.0 Å². The molecule has 1 fully saturated rings. The second kappa shape index (κ2) is 5.71. The van der Waals surface area contributed by atoms with Crippen LogP contribution in [0.25, 0.3) is 0 Å². The molecule has 0 aliphatic heterocycles. The van der Waals surface area contributed by atoms with Crippen molar-refractivity contribution in [3.05, 3.63) is 16.5 Å².